The first kappa shape index (κ1) is 12.3. The molecule has 0 fully saturated rings. The molecule has 8 heteroatoms. The van der Waals surface area contributed by atoms with E-state index in [4.69, 9.17) is 16.3 Å². The van der Waals surface area contributed by atoms with Gasteiger partial charge in [0.1, 0.15) is 0 Å². The van der Waals surface area contributed by atoms with Crippen LogP contribution < -0.4 is 0 Å². The van der Waals surface area contributed by atoms with Crippen LogP contribution in [0.2, 0.25) is 5.02 Å². The van der Waals surface area contributed by atoms with Crippen molar-refractivity contribution in [2.45, 2.75) is 6.92 Å². The van der Waals surface area contributed by atoms with E-state index in [0.29, 0.717) is 0 Å². The number of aromatic nitrogens is 2. The molecule has 94 valence electrons. The number of nitro groups is 1. The summed E-state index contributed by atoms with van der Waals surface area (Å²) in [5, 5.41) is 11.0. The van der Waals surface area contributed by atoms with Crippen LogP contribution in [0, 0.1) is 10.1 Å². The third kappa shape index (κ3) is 2.12. The summed E-state index contributed by atoms with van der Waals surface area (Å²) in [6.07, 6.45) is 2.77. The molecule has 0 radical (unpaired) electrons. The summed E-state index contributed by atoms with van der Waals surface area (Å²) in [6, 6.07) is 1.18. The van der Waals surface area contributed by atoms with Gasteiger partial charge in [-0.2, -0.15) is 0 Å². The summed E-state index contributed by atoms with van der Waals surface area (Å²) < 4.78 is 6.10. The van der Waals surface area contributed by atoms with Crippen LogP contribution >= 0.6 is 11.6 Å². The number of ether oxygens (including phenoxy) is 1. The maximum absolute atomic E-state index is 11.5. The molecule has 0 aliphatic heterocycles. The minimum atomic E-state index is -0.633. The number of pyridine rings is 1. The minimum absolute atomic E-state index is 0.00205. The number of esters is 1. The summed E-state index contributed by atoms with van der Waals surface area (Å²) in [7, 11) is 0. The van der Waals surface area contributed by atoms with E-state index in [9.17, 15) is 14.9 Å². The zero-order valence-electron chi connectivity index (χ0n) is 9.29. The molecule has 0 amide bonds. The highest BCUT2D eigenvalue weighted by Crippen LogP contribution is 2.23. The predicted octanol–water partition coefficient (Wildman–Crippen LogP) is 2.07. The normalized spacial score (nSPS) is 10.6. The Morgan fingerprint density at radius 2 is 2.33 bits per heavy atom. The molecule has 0 aliphatic rings. The number of carbonyl (C=O) groups is 1. The van der Waals surface area contributed by atoms with Crippen LogP contribution in [0.5, 0.6) is 0 Å². The van der Waals surface area contributed by atoms with Crippen molar-refractivity contribution in [3.8, 4) is 0 Å². The molecule has 0 N–H and O–H groups in total. The second kappa shape index (κ2) is 4.61. The number of fused-ring (bicyclic) bond motifs is 1. The third-order valence-corrected chi connectivity index (χ3v) is 2.39. The van der Waals surface area contributed by atoms with Crippen LogP contribution in [0.1, 0.15) is 17.4 Å². The van der Waals surface area contributed by atoms with E-state index in [-0.39, 0.29) is 28.7 Å². The quantitative estimate of drug-likeness (QED) is 0.484. The monoisotopic (exact) mass is 269 g/mol. The van der Waals surface area contributed by atoms with Crippen molar-refractivity contribution in [3.63, 3.8) is 0 Å². The van der Waals surface area contributed by atoms with E-state index in [0.717, 1.165) is 0 Å². The molecule has 0 bridgehead atoms. The molecule has 2 rings (SSSR count). The van der Waals surface area contributed by atoms with Gasteiger partial charge in [0.25, 0.3) is 0 Å². The number of nitrogens with zero attached hydrogens (tertiary/aromatic N) is 3. The summed E-state index contributed by atoms with van der Waals surface area (Å²) in [5.41, 5.74) is -0.215. The largest absolute Gasteiger partial charge is 0.461 e. The summed E-state index contributed by atoms with van der Waals surface area (Å²) in [4.78, 5) is 25.6. The third-order valence-electron chi connectivity index (χ3n) is 2.18. The Morgan fingerprint density at radius 3 is 2.94 bits per heavy atom. The fourth-order valence-corrected chi connectivity index (χ4v) is 1.69. The fourth-order valence-electron chi connectivity index (χ4n) is 1.48. The standard InChI is InChI=1S/C10H8ClN3O4/c1-2-18-10(15)7-5-13-4-6(11)3-8(14(16)17)9(13)12-7/h3-5H,2H2,1H3. The van der Waals surface area contributed by atoms with Gasteiger partial charge in [-0.05, 0) is 6.92 Å². The topological polar surface area (TPSA) is 86.7 Å². The van der Waals surface area contributed by atoms with Crippen molar-refractivity contribution in [3.05, 3.63) is 39.3 Å². The van der Waals surface area contributed by atoms with Crippen molar-refractivity contribution in [1.29, 1.82) is 0 Å². The van der Waals surface area contributed by atoms with E-state index in [1.165, 1.54) is 22.9 Å². The fraction of sp³-hybridized carbons (Fsp3) is 0.200. The molecule has 0 spiro atoms. The SMILES string of the molecule is CCOC(=O)c1cn2cc(Cl)cc([N+](=O)[O-])c2n1. The minimum Gasteiger partial charge on any atom is -0.461 e. The van der Waals surface area contributed by atoms with Crippen molar-refractivity contribution in [1.82, 2.24) is 9.38 Å². The van der Waals surface area contributed by atoms with Crippen molar-refractivity contribution < 1.29 is 14.5 Å². The van der Waals surface area contributed by atoms with Gasteiger partial charge in [0, 0.05) is 18.5 Å². The average Bonchev–Trinajstić information content (AvgIpc) is 2.71. The zero-order valence-corrected chi connectivity index (χ0v) is 10.0. The number of imidazole rings is 1. The first-order valence-corrected chi connectivity index (χ1v) is 5.40. The Morgan fingerprint density at radius 1 is 1.61 bits per heavy atom. The lowest BCUT2D eigenvalue weighted by atomic mass is 10.4. The Bertz CT molecular complexity index is 637. The van der Waals surface area contributed by atoms with Crippen LogP contribution in [0.4, 0.5) is 5.69 Å². The van der Waals surface area contributed by atoms with E-state index < -0.39 is 10.9 Å². The van der Waals surface area contributed by atoms with E-state index in [2.05, 4.69) is 4.98 Å². The van der Waals surface area contributed by atoms with Crippen molar-refractivity contribution in [2.24, 2.45) is 0 Å². The molecular weight excluding hydrogens is 262 g/mol. The summed E-state index contributed by atoms with van der Waals surface area (Å²) in [5.74, 6) is -0.633. The van der Waals surface area contributed by atoms with Gasteiger partial charge >= 0.3 is 11.7 Å². The van der Waals surface area contributed by atoms with Crippen LogP contribution in [0.25, 0.3) is 5.65 Å². The van der Waals surface area contributed by atoms with Gasteiger partial charge in [-0.25, -0.2) is 9.78 Å². The number of halogens is 1. The number of rotatable bonds is 3. The highest BCUT2D eigenvalue weighted by Gasteiger charge is 2.20. The lowest BCUT2D eigenvalue weighted by Gasteiger charge is -1.95. The van der Waals surface area contributed by atoms with Crippen molar-refractivity contribution >= 4 is 28.9 Å². The predicted molar refractivity (Wildman–Crippen MR) is 62.8 cm³/mol. The first-order chi connectivity index (χ1) is 8.52. The number of hydrogen-bond acceptors (Lipinski definition) is 5. The molecule has 18 heavy (non-hydrogen) atoms. The van der Waals surface area contributed by atoms with Gasteiger partial charge in [0.05, 0.1) is 16.6 Å². The Hall–Kier alpha value is -2.15. The van der Waals surface area contributed by atoms with Crippen molar-refractivity contribution in [2.75, 3.05) is 6.61 Å². The van der Waals surface area contributed by atoms with Gasteiger partial charge in [-0.3, -0.25) is 14.5 Å². The molecule has 0 atom stereocenters. The zero-order chi connectivity index (χ0) is 13.3. The molecule has 2 aromatic rings. The van der Waals surface area contributed by atoms with Gasteiger partial charge in [0.2, 0.25) is 5.65 Å². The van der Waals surface area contributed by atoms with Crippen LogP contribution in [0.3, 0.4) is 0 Å². The Labute approximate surface area is 106 Å². The molecule has 0 aromatic carbocycles. The lowest BCUT2D eigenvalue weighted by Crippen LogP contribution is -2.04. The number of hydrogen-bond donors (Lipinski definition) is 0. The number of carbonyl (C=O) groups excluding carboxylic acids is 1. The molecule has 0 aliphatic carbocycles. The highest BCUT2D eigenvalue weighted by molar-refractivity contribution is 6.30. The Balaban J connectivity index is 2.60. The average molecular weight is 270 g/mol. The smallest absolute Gasteiger partial charge is 0.358 e. The lowest BCUT2D eigenvalue weighted by molar-refractivity contribution is -0.383. The van der Waals surface area contributed by atoms with Gasteiger partial charge < -0.3 is 4.74 Å². The second-order valence-corrected chi connectivity index (χ2v) is 3.81. The summed E-state index contributed by atoms with van der Waals surface area (Å²) in [6.45, 7) is 1.86. The highest BCUT2D eigenvalue weighted by atomic mass is 35.5. The van der Waals surface area contributed by atoms with E-state index in [1.807, 2.05) is 0 Å². The molecule has 0 saturated carbocycles. The maximum Gasteiger partial charge on any atom is 0.358 e. The molecule has 7 nitrogen and oxygen atoms in total. The van der Waals surface area contributed by atoms with Gasteiger partial charge in [-0.15, -0.1) is 0 Å². The van der Waals surface area contributed by atoms with Crippen LogP contribution in [-0.2, 0) is 4.74 Å². The molecule has 0 unspecified atom stereocenters. The van der Waals surface area contributed by atoms with Gasteiger partial charge in [0.15, 0.2) is 5.69 Å². The molecule has 0 saturated heterocycles. The van der Waals surface area contributed by atoms with Crippen LogP contribution in [-0.4, -0.2) is 26.9 Å². The molecule has 2 heterocycles. The van der Waals surface area contributed by atoms with E-state index >= 15 is 0 Å². The Kier molecular flexibility index (Phi) is 3.15. The van der Waals surface area contributed by atoms with E-state index in [1.54, 1.807) is 6.92 Å². The second-order valence-electron chi connectivity index (χ2n) is 3.38. The van der Waals surface area contributed by atoms with Crippen LogP contribution in [0.15, 0.2) is 18.5 Å². The maximum atomic E-state index is 11.5. The molecule has 2 aromatic heterocycles. The van der Waals surface area contributed by atoms with Gasteiger partial charge in [-0.1, -0.05) is 11.6 Å². The first-order valence-electron chi connectivity index (χ1n) is 5.02. The summed E-state index contributed by atoms with van der Waals surface area (Å²) >= 11 is 5.75. The molecular formula is C10H8ClN3O4.